The van der Waals surface area contributed by atoms with E-state index >= 15 is 0 Å². The monoisotopic (exact) mass is 287 g/mol. The Hall–Kier alpha value is -1.88. The Kier molecular flexibility index (Phi) is 3.68. The third kappa shape index (κ3) is 2.53. The third-order valence-corrected chi connectivity index (χ3v) is 4.55. The highest BCUT2D eigenvalue weighted by Crippen LogP contribution is 2.41. The summed E-state index contributed by atoms with van der Waals surface area (Å²) in [5, 5.41) is 2.96. The van der Waals surface area contributed by atoms with Crippen LogP contribution in [0.4, 0.5) is 5.69 Å². The van der Waals surface area contributed by atoms with E-state index in [1.165, 1.54) is 0 Å². The molecule has 0 bridgehead atoms. The fourth-order valence-corrected chi connectivity index (χ4v) is 3.44. The number of nitrogens with two attached hydrogens (primary N) is 1. The molecule has 21 heavy (non-hydrogen) atoms. The smallest absolute Gasteiger partial charge is 0.239 e. The van der Waals surface area contributed by atoms with Crippen molar-refractivity contribution in [1.29, 1.82) is 0 Å². The highest BCUT2D eigenvalue weighted by atomic mass is 16.2. The number of nitrogens with one attached hydrogen (secondary N) is 1. The van der Waals surface area contributed by atoms with Crippen molar-refractivity contribution in [1.82, 2.24) is 4.90 Å². The molecule has 0 saturated carbocycles. The Balaban J connectivity index is 1.70. The molecule has 2 atom stereocenters. The topological polar surface area (TPSA) is 75.4 Å². The van der Waals surface area contributed by atoms with Crippen molar-refractivity contribution in [2.45, 2.75) is 31.7 Å². The van der Waals surface area contributed by atoms with Gasteiger partial charge in [0, 0.05) is 18.8 Å². The molecule has 2 heterocycles. The number of nitrogens with zero attached hydrogens (tertiary/aromatic N) is 1. The van der Waals surface area contributed by atoms with Crippen LogP contribution in [0.25, 0.3) is 0 Å². The second-order valence-electron chi connectivity index (χ2n) is 6.01. The fraction of sp³-hybridized carbons (Fsp3) is 0.500. The van der Waals surface area contributed by atoms with Crippen molar-refractivity contribution in [3.8, 4) is 0 Å². The van der Waals surface area contributed by atoms with Gasteiger partial charge in [-0.3, -0.25) is 9.59 Å². The molecule has 2 aliphatic rings. The molecular weight excluding hydrogens is 266 g/mol. The molecule has 2 amide bonds. The van der Waals surface area contributed by atoms with E-state index in [4.69, 9.17) is 5.73 Å². The molecule has 0 aromatic heterocycles. The minimum Gasteiger partial charge on any atom is -0.341 e. The van der Waals surface area contributed by atoms with Crippen LogP contribution in [0.5, 0.6) is 0 Å². The quantitative estimate of drug-likeness (QED) is 0.861. The summed E-state index contributed by atoms with van der Waals surface area (Å²) in [4.78, 5) is 26.0. The zero-order valence-corrected chi connectivity index (χ0v) is 12.2. The highest BCUT2D eigenvalue weighted by molar-refractivity contribution is 6.03. The summed E-state index contributed by atoms with van der Waals surface area (Å²) in [6.45, 7) is 3.10. The molecule has 0 radical (unpaired) electrons. The van der Waals surface area contributed by atoms with E-state index in [9.17, 15) is 9.59 Å². The molecule has 5 heteroatoms. The van der Waals surface area contributed by atoms with E-state index in [1.807, 2.05) is 29.2 Å². The van der Waals surface area contributed by atoms with Gasteiger partial charge in [0.25, 0.3) is 0 Å². The largest absolute Gasteiger partial charge is 0.341 e. The number of carbonyl (C=O) groups excluding carboxylic acids is 2. The number of carbonyl (C=O) groups is 2. The van der Waals surface area contributed by atoms with Gasteiger partial charge in [-0.1, -0.05) is 18.2 Å². The lowest BCUT2D eigenvalue weighted by Crippen LogP contribution is -2.46. The van der Waals surface area contributed by atoms with Crippen LogP contribution >= 0.6 is 0 Å². The van der Waals surface area contributed by atoms with Crippen LogP contribution in [0.1, 0.15) is 31.2 Å². The first-order valence-corrected chi connectivity index (χ1v) is 7.52. The molecule has 1 saturated heterocycles. The Labute approximate surface area is 124 Å². The predicted molar refractivity (Wildman–Crippen MR) is 80.8 cm³/mol. The molecule has 3 N–H and O–H groups in total. The maximum absolute atomic E-state index is 12.2. The van der Waals surface area contributed by atoms with Gasteiger partial charge in [0.15, 0.2) is 0 Å². The molecule has 1 aromatic carbocycles. The number of piperidine rings is 1. The fourth-order valence-electron chi connectivity index (χ4n) is 3.44. The Morgan fingerprint density at radius 2 is 2.00 bits per heavy atom. The van der Waals surface area contributed by atoms with E-state index in [0.717, 1.165) is 24.1 Å². The lowest BCUT2D eigenvalue weighted by Gasteiger charge is -2.35. The number of fused-ring (bicyclic) bond motifs is 1. The van der Waals surface area contributed by atoms with Gasteiger partial charge in [-0.05, 0) is 37.3 Å². The molecule has 2 aliphatic heterocycles. The molecule has 5 nitrogen and oxygen atoms in total. The van der Waals surface area contributed by atoms with Gasteiger partial charge in [0.2, 0.25) is 11.8 Å². The van der Waals surface area contributed by atoms with E-state index < -0.39 is 6.04 Å². The molecule has 1 aromatic rings. The highest BCUT2D eigenvalue weighted by Gasteiger charge is 2.38. The first kappa shape index (κ1) is 14.1. The second-order valence-corrected chi connectivity index (χ2v) is 6.01. The van der Waals surface area contributed by atoms with Crippen molar-refractivity contribution < 1.29 is 9.59 Å². The lowest BCUT2D eigenvalue weighted by atomic mass is 9.80. The van der Waals surface area contributed by atoms with Gasteiger partial charge in [-0.25, -0.2) is 0 Å². The SMILES string of the molecule is C[C@@H](N)C(=O)N1CCC(C2C(=O)Nc3ccccc32)CC1. The van der Waals surface area contributed by atoms with Crippen LogP contribution in [-0.4, -0.2) is 35.8 Å². The van der Waals surface area contributed by atoms with Gasteiger partial charge in [0.05, 0.1) is 12.0 Å². The van der Waals surface area contributed by atoms with Crippen molar-refractivity contribution in [2.75, 3.05) is 18.4 Å². The van der Waals surface area contributed by atoms with Crippen LogP contribution in [0, 0.1) is 5.92 Å². The molecule has 0 aliphatic carbocycles. The number of hydrogen-bond acceptors (Lipinski definition) is 3. The first-order chi connectivity index (χ1) is 10.1. The number of hydrogen-bond donors (Lipinski definition) is 2. The summed E-state index contributed by atoms with van der Waals surface area (Å²) < 4.78 is 0. The lowest BCUT2D eigenvalue weighted by molar-refractivity contribution is -0.133. The molecule has 0 spiro atoms. The van der Waals surface area contributed by atoms with E-state index in [0.29, 0.717) is 19.0 Å². The second kappa shape index (κ2) is 5.48. The van der Waals surface area contributed by atoms with Gasteiger partial charge in [-0.15, -0.1) is 0 Å². The summed E-state index contributed by atoms with van der Waals surface area (Å²) in [6.07, 6.45) is 1.70. The summed E-state index contributed by atoms with van der Waals surface area (Å²) >= 11 is 0. The number of anilines is 1. The van der Waals surface area contributed by atoms with Crippen LogP contribution in [-0.2, 0) is 9.59 Å². The van der Waals surface area contributed by atoms with Crippen molar-refractivity contribution in [2.24, 2.45) is 11.7 Å². The molecule has 1 fully saturated rings. The van der Waals surface area contributed by atoms with Gasteiger partial charge in [0.1, 0.15) is 0 Å². The Bertz CT molecular complexity index is 562. The van der Waals surface area contributed by atoms with E-state index in [2.05, 4.69) is 5.32 Å². The van der Waals surface area contributed by atoms with Crippen molar-refractivity contribution in [3.63, 3.8) is 0 Å². The predicted octanol–water partition coefficient (Wildman–Crippen LogP) is 1.31. The standard InChI is InChI=1S/C16H21N3O2/c1-10(17)16(21)19-8-6-11(7-9-19)14-12-4-2-3-5-13(12)18-15(14)20/h2-5,10-11,14H,6-9,17H2,1H3,(H,18,20)/t10-,14?/m1/s1. The maximum Gasteiger partial charge on any atom is 0.239 e. The molecule has 1 unspecified atom stereocenters. The first-order valence-electron chi connectivity index (χ1n) is 7.52. The summed E-state index contributed by atoms with van der Waals surface area (Å²) in [6, 6.07) is 7.43. The van der Waals surface area contributed by atoms with Gasteiger partial charge >= 0.3 is 0 Å². The van der Waals surface area contributed by atoms with Gasteiger partial charge in [-0.2, -0.15) is 0 Å². The van der Waals surface area contributed by atoms with Gasteiger partial charge < -0.3 is 16.0 Å². The number of likely N-dealkylation sites (tertiary alicyclic amines) is 1. The van der Waals surface area contributed by atoms with E-state index in [1.54, 1.807) is 6.92 Å². The Morgan fingerprint density at radius 3 is 2.67 bits per heavy atom. The van der Waals surface area contributed by atoms with Crippen LogP contribution in [0.2, 0.25) is 0 Å². The van der Waals surface area contributed by atoms with E-state index in [-0.39, 0.29) is 17.7 Å². The minimum absolute atomic E-state index is 0.00437. The van der Waals surface area contributed by atoms with Crippen molar-refractivity contribution >= 4 is 17.5 Å². The van der Waals surface area contributed by atoms with Crippen LogP contribution < -0.4 is 11.1 Å². The summed E-state index contributed by atoms with van der Waals surface area (Å²) in [5.74, 6) is 0.317. The molecule has 112 valence electrons. The molecule has 3 rings (SSSR count). The summed E-state index contributed by atoms with van der Waals surface area (Å²) in [5.41, 5.74) is 7.68. The normalized spacial score (nSPS) is 23.6. The van der Waals surface area contributed by atoms with Crippen molar-refractivity contribution in [3.05, 3.63) is 29.8 Å². The molecular formula is C16H21N3O2. The van der Waals surface area contributed by atoms with Crippen LogP contribution in [0.15, 0.2) is 24.3 Å². The zero-order valence-electron chi connectivity index (χ0n) is 12.2. The Morgan fingerprint density at radius 1 is 1.33 bits per heavy atom. The number of rotatable bonds is 2. The summed E-state index contributed by atoms with van der Waals surface area (Å²) in [7, 11) is 0. The number of para-hydroxylation sites is 1. The third-order valence-electron chi connectivity index (χ3n) is 4.55. The number of benzene rings is 1. The van der Waals surface area contributed by atoms with Crippen LogP contribution in [0.3, 0.4) is 0 Å². The number of amides is 2. The minimum atomic E-state index is -0.447. The average molecular weight is 287 g/mol. The average Bonchev–Trinajstić information content (AvgIpc) is 2.82. The maximum atomic E-state index is 12.2. The zero-order chi connectivity index (χ0) is 15.0.